The highest BCUT2D eigenvalue weighted by molar-refractivity contribution is 6.31. The lowest BCUT2D eigenvalue weighted by molar-refractivity contribution is 0.474. The molecule has 0 saturated carbocycles. The molecule has 1 unspecified atom stereocenters. The smallest absolute Gasteiger partial charge is 0.141 e. The summed E-state index contributed by atoms with van der Waals surface area (Å²) in [6.45, 7) is 0. The summed E-state index contributed by atoms with van der Waals surface area (Å²) in [5.41, 5.74) is 1.14. The molecule has 1 atom stereocenters. The summed E-state index contributed by atoms with van der Waals surface area (Å²) in [6, 6.07) is 11.9. The van der Waals surface area contributed by atoms with Gasteiger partial charge in [-0.2, -0.15) is 5.26 Å². The van der Waals surface area contributed by atoms with Crippen LogP contribution in [0.3, 0.4) is 0 Å². The van der Waals surface area contributed by atoms with E-state index in [9.17, 15) is 9.50 Å². The van der Waals surface area contributed by atoms with Crippen molar-refractivity contribution in [3.63, 3.8) is 0 Å². The number of halogens is 2. The van der Waals surface area contributed by atoms with E-state index < -0.39 is 11.9 Å². The molecule has 2 aromatic rings. The number of hydrogen-bond donors (Lipinski definition) is 2. The molecule has 0 fully saturated rings. The molecule has 0 aliphatic rings. The van der Waals surface area contributed by atoms with Crippen molar-refractivity contribution in [2.75, 3.05) is 5.32 Å². The van der Waals surface area contributed by atoms with Gasteiger partial charge in [0.1, 0.15) is 17.6 Å². The molecule has 19 heavy (non-hydrogen) atoms. The van der Waals surface area contributed by atoms with Crippen LogP contribution in [-0.2, 0) is 0 Å². The normalized spacial score (nSPS) is 11.6. The number of rotatable bonds is 3. The van der Waals surface area contributed by atoms with Crippen molar-refractivity contribution < 1.29 is 9.50 Å². The highest BCUT2D eigenvalue weighted by Gasteiger charge is 2.11. The Morgan fingerprint density at radius 1 is 1.26 bits per heavy atom. The van der Waals surface area contributed by atoms with Crippen molar-refractivity contribution in [3.05, 3.63) is 58.9 Å². The zero-order chi connectivity index (χ0) is 13.8. The number of phenolic OH excluding ortho intramolecular Hbond substituents is 1. The van der Waals surface area contributed by atoms with Gasteiger partial charge >= 0.3 is 0 Å². The molecule has 2 rings (SSSR count). The average Bonchev–Trinajstić information content (AvgIpc) is 2.40. The first kappa shape index (κ1) is 13.2. The SMILES string of the molecule is N#CC(Nc1ccc(F)c(Cl)c1)c1cccc(O)c1. The maximum Gasteiger partial charge on any atom is 0.141 e. The van der Waals surface area contributed by atoms with Gasteiger partial charge in [-0.1, -0.05) is 23.7 Å². The fraction of sp³-hybridized carbons (Fsp3) is 0.0714. The van der Waals surface area contributed by atoms with E-state index in [1.54, 1.807) is 12.1 Å². The van der Waals surface area contributed by atoms with Crippen LogP contribution in [-0.4, -0.2) is 5.11 Å². The van der Waals surface area contributed by atoms with E-state index in [0.29, 0.717) is 11.3 Å². The van der Waals surface area contributed by atoms with E-state index >= 15 is 0 Å². The first-order valence-corrected chi connectivity index (χ1v) is 5.88. The van der Waals surface area contributed by atoms with Gasteiger partial charge in [-0.15, -0.1) is 0 Å². The van der Waals surface area contributed by atoms with Crippen molar-refractivity contribution >= 4 is 17.3 Å². The molecule has 2 N–H and O–H groups in total. The van der Waals surface area contributed by atoms with E-state index in [2.05, 4.69) is 11.4 Å². The van der Waals surface area contributed by atoms with Crippen LogP contribution in [0.15, 0.2) is 42.5 Å². The fourth-order valence-corrected chi connectivity index (χ4v) is 1.83. The Morgan fingerprint density at radius 2 is 2.05 bits per heavy atom. The number of phenols is 1. The van der Waals surface area contributed by atoms with E-state index in [1.807, 2.05) is 0 Å². The number of nitrogens with one attached hydrogen (secondary N) is 1. The van der Waals surface area contributed by atoms with Gasteiger partial charge in [0.05, 0.1) is 11.1 Å². The molecular weight excluding hydrogens is 267 g/mol. The van der Waals surface area contributed by atoms with Crippen LogP contribution in [0.5, 0.6) is 5.75 Å². The van der Waals surface area contributed by atoms with Gasteiger partial charge < -0.3 is 10.4 Å². The van der Waals surface area contributed by atoms with E-state index in [-0.39, 0.29) is 10.8 Å². The zero-order valence-corrected chi connectivity index (χ0v) is 10.5. The largest absolute Gasteiger partial charge is 0.508 e. The Hall–Kier alpha value is -2.25. The van der Waals surface area contributed by atoms with Crippen LogP contribution >= 0.6 is 11.6 Å². The van der Waals surface area contributed by atoms with E-state index in [1.165, 1.54) is 30.3 Å². The Bertz CT molecular complexity index is 640. The number of benzene rings is 2. The van der Waals surface area contributed by atoms with Gasteiger partial charge in [0.2, 0.25) is 0 Å². The lowest BCUT2D eigenvalue weighted by atomic mass is 10.1. The molecule has 0 aliphatic carbocycles. The number of nitriles is 1. The van der Waals surface area contributed by atoms with Crippen LogP contribution in [0.2, 0.25) is 5.02 Å². The van der Waals surface area contributed by atoms with E-state index in [4.69, 9.17) is 16.9 Å². The standard InChI is InChI=1S/C14H10ClFN2O/c15-12-7-10(4-5-13(12)16)18-14(8-17)9-2-1-3-11(19)6-9/h1-7,14,18-19H. The third-order valence-corrected chi connectivity index (χ3v) is 2.85. The molecule has 3 nitrogen and oxygen atoms in total. The molecule has 0 radical (unpaired) electrons. The molecule has 0 amide bonds. The Labute approximate surface area is 114 Å². The van der Waals surface area contributed by atoms with Crippen LogP contribution in [0.25, 0.3) is 0 Å². The quantitative estimate of drug-likeness (QED) is 0.895. The van der Waals surface area contributed by atoms with Crippen molar-refractivity contribution in [2.45, 2.75) is 6.04 Å². The minimum absolute atomic E-state index is 0.0161. The summed E-state index contributed by atoms with van der Waals surface area (Å²) in [7, 11) is 0. The zero-order valence-electron chi connectivity index (χ0n) is 9.77. The minimum Gasteiger partial charge on any atom is -0.508 e. The minimum atomic E-state index is -0.659. The second-order valence-electron chi connectivity index (χ2n) is 3.93. The number of hydrogen-bond acceptors (Lipinski definition) is 3. The molecule has 0 aromatic heterocycles. The highest BCUT2D eigenvalue weighted by Crippen LogP contribution is 2.25. The van der Waals surface area contributed by atoms with Gasteiger partial charge in [-0.3, -0.25) is 0 Å². The monoisotopic (exact) mass is 276 g/mol. The van der Waals surface area contributed by atoms with Crippen LogP contribution in [0.1, 0.15) is 11.6 Å². The van der Waals surface area contributed by atoms with Gasteiger partial charge in [0, 0.05) is 5.69 Å². The molecule has 0 spiro atoms. The number of aromatic hydroxyl groups is 1. The maximum absolute atomic E-state index is 13.0. The third-order valence-electron chi connectivity index (χ3n) is 2.56. The van der Waals surface area contributed by atoms with Crippen molar-refractivity contribution in [1.29, 1.82) is 5.26 Å². The van der Waals surface area contributed by atoms with Crippen LogP contribution < -0.4 is 5.32 Å². The van der Waals surface area contributed by atoms with Gasteiger partial charge in [-0.05, 0) is 35.9 Å². The lowest BCUT2D eigenvalue weighted by Gasteiger charge is -2.13. The Balaban J connectivity index is 2.24. The second kappa shape index (κ2) is 5.59. The third kappa shape index (κ3) is 3.15. The molecule has 96 valence electrons. The summed E-state index contributed by atoms with van der Waals surface area (Å²) in [6.07, 6.45) is 0. The molecule has 2 aromatic carbocycles. The summed E-state index contributed by atoms with van der Waals surface area (Å²) in [5, 5.41) is 21.5. The molecule has 0 aliphatic heterocycles. The average molecular weight is 277 g/mol. The topological polar surface area (TPSA) is 56.0 Å². The first-order chi connectivity index (χ1) is 9.10. The molecular formula is C14H10ClFN2O. The lowest BCUT2D eigenvalue weighted by Crippen LogP contribution is -2.08. The predicted molar refractivity (Wildman–Crippen MR) is 71.5 cm³/mol. The van der Waals surface area contributed by atoms with E-state index in [0.717, 1.165) is 0 Å². The Kier molecular flexibility index (Phi) is 3.88. The predicted octanol–water partition coefficient (Wildman–Crippen LogP) is 3.86. The number of anilines is 1. The van der Waals surface area contributed by atoms with Crippen LogP contribution in [0.4, 0.5) is 10.1 Å². The summed E-state index contributed by atoms with van der Waals surface area (Å²) < 4.78 is 13.0. The first-order valence-electron chi connectivity index (χ1n) is 5.50. The molecule has 0 bridgehead atoms. The fourth-order valence-electron chi connectivity index (χ4n) is 1.65. The second-order valence-corrected chi connectivity index (χ2v) is 4.34. The summed E-state index contributed by atoms with van der Waals surface area (Å²) in [4.78, 5) is 0. The Morgan fingerprint density at radius 3 is 2.68 bits per heavy atom. The van der Waals surface area contributed by atoms with Gasteiger partial charge in [0.15, 0.2) is 0 Å². The van der Waals surface area contributed by atoms with Gasteiger partial charge in [-0.25, -0.2) is 4.39 Å². The summed E-state index contributed by atoms with van der Waals surface area (Å²) in [5.74, 6) is -0.435. The molecule has 0 saturated heterocycles. The van der Waals surface area contributed by atoms with Crippen molar-refractivity contribution in [2.24, 2.45) is 0 Å². The molecule has 0 heterocycles. The van der Waals surface area contributed by atoms with Crippen molar-refractivity contribution in [3.8, 4) is 11.8 Å². The van der Waals surface area contributed by atoms with Crippen LogP contribution in [0, 0.1) is 17.1 Å². The highest BCUT2D eigenvalue weighted by atomic mass is 35.5. The molecule has 5 heteroatoms. The maximum atomic E-state index is 13.0. The number of nitrogens with zero attached hydrogens (tertiary/aromatic N) is 1. The van der Waals surface area contributed by atoms with Gasteiger partial charge in [0.25, 0.3) is 0 Å². The summed E-state index contributed by atoms with van der Waals surface area (Å²) >= 11 is 5.67. The van der Waals surface area contributed by atoms with Crippen molar-refractivity contribution in [1.82, 2.24) is 0 Å².